The smallest absolute Gasteiger partial charge is 0.0374 e. The predicted molar refractivity (Wildman–Crippen MR) is 77.9 cm³/mol. The van der Waals surface area contributed by atoms with Crippen LogP contribution in [-0.4, -0.2) is 6.04 Å². The van der Waals surface area contributed by atoms with Crippen LogP contribution < -0.4 is 5.32 Å². The van der Waals surface area contributed by atoms with Crippen LogP contribution in [0.3, 0.4) is 0 Å². The lowest BCUT2D eigenvalue weighted by Gasteiger charge is -2.33. The minimum atomic E-state index is 0.718. The molecule has 0 amide bonds. The highest BCUT2D eigenvalue weighted by Gasteiger charge is 2.24. The van der Waals surface area contributed by atoms with Gasteiger partial charge in [-0.2, -0.15) is 0 Å². The first-order chi connectivity index (χ1) is 8.81. The Labute approximate surface area is 111 Å². The summed E-state index contributed by atoms with van der Waals surface area (Å²) >= 11 is 0. The van der Waals surface area contributed by atoms with Crippen LogP contribution in [-0.2, 0) is 6.42 Å². The summed E-state index contributed by atoms with van der Waals surface area (Å²) in [5, 5.41) is 3.76. The van der Waals surface area contributed by atoms with E-state index in [9.17, 15) is 0 Å². The van der Waals surface area contributed by atoms with Gasteiger partial charge in [0, 0.05) is 11.7 Å². The van der Waals surface area contributed by atoms with Crippen LogP contribution in [0.4, 0.5) is 5.69 Å². The van der Waals surface area contributed by atoms with Gasteiger partial charge in [-0.25, -0.2) is 0 Å². The third-order valence-corrected chi connectivity index (χ3v) is 4.80. The van der Waals surface area contributed by atoms with E-state index in [1.807, 2.05) is 0 Å². The van der Waals surface area contributed by atoms with Gasteiger partial charge in [-0.1, -0.05) is 44.4 Å². The topological polar surface area (TPSA) is 12.0 Å². The second-order valence-corrected chi connectivity index (χ2v) is 6.41. The quantitative estimate of drug-likeness (QED) is 0.798. The molecule has 2 aliphatic rings. The molecule has 1 aromatic carbocycles. The SMILES string of the molecule is CC1CCCC(CC2CCc3ccccc3N2)C1. The van der Waals surface area contributed by atoms with E-state index < -0.39 is 0 Å². The molecule has 0 bridgehead atoms. The second kappa shape index (κ2) is 5.34. The van der Waals surface area contributed by atoms with Gasteiger partial charge in [-0.3, -0.25) is 0 Å². The van der Waals surface area contributed by atoms with Crippen LogP contribution in [0.2, 0.25) is 0 Å². The summed E-state index contributed by atoms with van der Waals surface area (Å²) in [6.07, 6.45) is 9.80. The fraction of sp³-hybridized carbons (Fsp3) is 0.647. The van der Waals surface area contributed by atoms with E-state index in [-0.39, 0.29) is 0 Å². The van der Waals surface area contributed by atoms with Crippen molar-refractivity contribution in [1.82, 2.24) is 0 Å². The van der Waals surface area contributed by atoms with Crippen molar-refractivity contribution < 1.29 is 0 Å². The lowest BCUT2D eigenvalue weighted by molar-refractivity contribution is 0.257. The number of hydrogen-bond donors (Lipinski definition) is 1. The average Bonchev–Trinajstić information content (AvgIpc) is 2.39. The van der Waals surface area contributed by atoms with Crippen LogP contribution in [0, 0.1) is 11.8 Å². The van der Waals surface area contributed by atoms with Gasteiger partial charge < -0.3 is 5.32 Å². The van der Waals surface area contributed by atoms with E-state index >= 15 is 0 Å². The van der Waals surface area contributed by atoms with Crippen molar-refractivity contribution in [3.05, 3.63) is 29.8 Å². The lowest BCUT2D eigenvalue weighted by Crippen LogP contribution is -2.29. The minimum Gasteiger partial charge on any atom is -0.382 e. The van der Waals surface area contributed by atoms with Crippen molar-refractivity contribution in [2.45, 2.75) is 57.9 Å². The number of hydrogen-bond acceptors (Lipinski definition) is 1. The van der Waals surface area contributed by atoms with Crippen molar-refractivity contribution in [1.29, 1.82) is 0 Å². The highest BCUT2D eigenvalue weighted by Crippen LogP contribution is 2.34. The molecule has 0 saturated heterocycles. The normalized spacial score (nSPS) is 31.5. The molecule has 0 spiro atoms. The summed E-state index contributed by atoms with van der Waals surface area (Å²) in [5.41, 5.74) is 2.89. The summed E-state index contributed by atoms with van der Waals surface area (Å²) in [4.78, 5) is 0. The number of anilines is 1. The summed E-state index contributed by atoms with van der Waals surface area (Å²) in [6.45, 7) is 2.43. The highest BCUT2D eigenvalue weighted by atomic mass is 14.9. The molecular formula is C17H25N. The van der Waals surface area contributed by atoms with Crippen molar-refractivity contribution >= 4 is 5.69 Å². The molecule has 3 rings (SSSR count). The zero-order valence-corrected chi connectivity index (χ0v) is 11.5. The van der Waals surface area contributed by atoms with E-state index in [0.29, 0.717) is 0 Å². The van der Waals surface area contributed by atoms with E-state index in [0.717, 1.165) is 17.9 Å². The zero-order valence-electron chi connectivity index (χ0n) is 11.5. The first-order valence-electron chi connectivity index (χ1n) is 7.65. The maximum absolute atomic E-state index is 3.76. The highest BCUT2D eigenvalue weighted by molar-refractivity contribution is 5.53. The van der Waals surface area contributed by atoms with E-state index in [4.69, 9.17) is 0 Å². The Bertz CT molecular complexity index is 398. The van der Waals surface area contributed by atoms with Crippen LogP contribution in [0.15, 0.2) is 24.3 Å². The standard InChI is InChI=1S/C17H25N/c1-13-5-4-6-14(11-13)12-16-10-9-15-7-2-3-8-17(15)18-16/h2-3,7-8,13-14,16,18H,4-6,9-12H2,1H3. The molecule has 98 valence electrons. The fourth-order valence-electron chi connectivity index (χ4n) is 3.85. The van der Waals surface area contributed by atoms with Crippen LogP contribution in [0.25, 0.3) is 0 Å². The molecule has 3 unspecified atom stereocenters. The van der Waals surface area contributed by atoms with Crippen molar-refractivity contribution in [2.75, 3.05) is 5.32 Å². The summed E-state index contributed by atoms with van der Waals surface area (Å²) in [7, 11) is 0. The molecule has 1 aliphatic heterocycles. The monoisotopic (exact) mass is 243 g/mol. The van der Waals surface area contributed by atoms with Gasteiger partial charge >= 0.3 is 0 Å². The third-order valence-electron chi connectivity index (χ3n) is 4.80. The first kappa shape index (κ1) is 12.1. The summed E-state index contributed by atoms with van der Waals surface area (Å²) in [6, 6.07) is 9.53. The number of aryl methyl sites for hydroxylation is 1. The molecule has 3 atom stereocenters. The Balaban J connectivity index is 1.59. The van der Waals surface area contributed by atoms with E-state index in [1.54, 1.807) is 0 Å². The number of para-hydroxylation sites is 1. The van der Waals surface area contributed by atoms with Crippen LogP contribution >= 0.6 is 0 Å². The molecule has 1 aliphatic carbocycles. The zero-order chi connectivity index (χ0) is 12.4. The van der Waals surface area contributed by atoms with Gasteiger partial charge in [-0.15, -0.1) is 0 Å². The molecule has 1 saturated carbocycles. The minimum absolute atomic E-state index is 0.718. The van der Waals surface area contributed by atoms with Gasteiger partial charge in [-0.05, 0) is 49.1 Å². The molecule has 1 fully saturated rings. The first-order valence-corrected chi connectivity index (χ1v) is 7.65. The molecule has 1 nitrogen and oxygen atoms in total. The van der Waals surface area contributed by atoms with Crippen molar-refractivity contribution in [2.24, 2.45) is 11.8 Å². The molecular weight excluding hydrogens is 218 g/mol. The molecule has 1 aromatic rings. The van der Waals surface area contributed by atoms with Crippen LogP contribution in [0.5, 0.6) is 0 Å². The predicted octanol–water partition coefficient (Wildman–Crippen LogP) is 4.63. The maximum atomic E-state index is 3.76. The lowest BCUT2D eigenvalue weighted by atomic mass is 9.78. The number of fused-ring (bicyclic) bond motifs is 1. The largest absolute Gasteiger partial charge is 0.382 e. The molecule has 18 heavy (non-hydrogen) atoms. The molecule has 1 heteroatoms. The fourth-order valence-corrected chi connectivity index (χ4v) is 3.85. The molecule has 1 heterocycles. The number of nitrogens with one attached hydrogen (secondary N) is 1. The average molecular weight is 243 g/mol. The Kier molecular flexibility index (Phi) is 3.58. The van der Waals surface area contributed by atoms with Gasteiger partial charge in [0.25, 0.3) is 0 Å². The molecule has 1 N–H and O–H groups in total. The Morgan fingerprint density at radius 3 is 2.94 bits per heavy atom. The number of benzene rings is 1. The Morgan fingerprint density at radius 2 is 2.06 bits per heavy atom. The third kappa shape index (κ3) is 2.71. The van der Waals surface area contributed by atoms with Gasteiger partial charge in [0.05, 0.1) is 0 Å². The molecule has 0 radical (unpaired) electrons. The molecule has 0 aromatic heterocycles. The van der Waals surface area contributed by atoms with Crippen molar-refractivity contribution in [3.8, 4) is 0 Å². The Morgan fingerprint density at radius 1 is 1.17 bits per heavy atom. The summed E-state index contributed by atoms with van der Waals surface area (Å²) < 4.78 is 0. The van der Waals surface area contributed by atoms with Gasteiger partial charge in [0.1, 0.15) is 0 Å². The van der Waals surface area contributed by atoms with Crippen molar-refractivity contribution in [3.63, 3.8) is 0 Å². The van der Waals surface area contributed by atoms with Crippen LogP contribution in [0.1, 0.15) is 51.0 Å². The maximum Gasteiger partial charge on any atom is 0.0374 e. The number of rotatable bonds is 2. The van der Waals surface area contributed by atoms with Gasteiger partial charge in [0.2, 0.25) is 0 Å². The Hall–Kier alpha value is -0.980. The second-order valence-electron chi connectivity index (χ2n) is 6.41. The summed E-state index contributed by atoms with van der Waals surface area (Å²) in [5.74, 6) is 1.93. The van der Waals surface area contributed by atoms with Gasteiger partial charge in [0.15, 0.2) is 0 Å². The van der Waals surface area contributed by atoms with E-state index in [2.05, 4.69) is 36.5 Å². The van der Waals surface area contributed by atoms with E-state index in [1.165, 1.54) is 56.2 Å².